The van der Waals surface area contributed by atoms with E-state index < -0.39 is 28.5 Å². The summed E-state index contributed by atoms with van der Waals surface area (Å²) in [6, 6.07) is 27.1. The minimum Gasteiger partial charge on any atom is -0.495 e. The van der Waals surface area contributed by atoms with Crippen molar-refractivity contribution in [1.29, 1.82) is 0 Å². The number of carbonyl (C=O) groups excluding carboxylic acids is 2. The smallest absolute Gasteiger partial charge is 0.264 e. The van der Waals surface area contributed by atoms with Gasteiger partial charge in [0.2, 0.25) is 11.8 Å². The van der Waals surface area contributed by atoms with Crippen molar-refractivity contribution in [2.75, 3.05) is 18.0 Å². The summed E-state index contributed by atoms with van der Waals surface area (Å²) in [5.41, 5.74) is 3.79. The molecule has 4 rings (SSSR count). The van der Waals surface area contributed by atoms with Crippen LogP contribution in [0.4, 0.5) is 5.69 Å². The first-order valence-corrected chi connectivity index (χ1v) is 17.4. The third kappa shape index (κ3) is 9.14. The number of aryl methyl sites for hydroxylation is 2. The Morgan fingerprint density at radius 2 is 1.49 bits per heavy atom. The summed E-state index contributed by atoms with van der Waals surface area (Å²) in [4.78, 5) is 30.1. The quantitative estimate of drug-likeness (QED) is 0.160. The normalized spacial score (nSPS) is 12.6. The zero-order chi connectivity index (χ0) is 34.1. The van der Waals surface area contributed by atoms with Crippen molar-refractivity contribution < 1.29 is 22.7 Å². The Hall–Kier alpha value is -4.34. The lowest BCUT2D eigenvalue weighted by molar-refractivity contribution is -0.140. The monoisotopic (exact) mass is 675 g/mol. The molecule has 1 N–H and O–H groups in total. The lowest BCUT2D eigenvalue weighted by Gasteiger charge is -2.34. The van der Waals surface area contributed by atoms with Gasteiger partial charge in [0, 0.05) is 19.0 Å². The minimum atomic E-state index is -4.26. The second kappa shape index (κ2) is 16.0. The summed E-state index contributed by atoms with van der Waals surface area (Å²) in [5.74, 6) is -0.502. The fourth-order valence-corrected chi connectivity index (χ4v) is 6.72. The molecule has 8 nitrogen and oxygen atoms in total. The van der Waals surface area contributed by atoms with Gasteiger partial charge in [-0.25, -0.2) is 8.42 Å². The second-order valence-electron chi connectivity index (χ2n) is 11.7. The lowest BCUT2D eigenvalue weighted by Crippen LogP contribution is -2.54. The van der Waals surface area contributed by atoms with Crippen LogP contribution in [0.2, 0.25) is 5.02 Å². The average molecular weight is 676 g/mol. The van der Waals surface area contributed by atoms with Gasteiger partial charge in [-0.3, -0.25) is 13.9 Å². The maximum Gasteiger partial charge on any atom is 0.264 e. The highest BCUT2D eigenvalue weighted by atomic mass is 35.5. The predicted molar refractivity (Wildman–Crippen MR) is 187 cm³/mol. The van der Waals surface area contributed by atoms with Crippen LogP contribution in [0.25, 0.3) is 0 Å². The number of halogens is 1. The maximum atomic E-state index is 14.6. The molecular weight excluding hydrogens is 634 g/mol. The van der Waals surface area contributed by atoms with E-state index in [1.807, 2.05) is 82.3 Å². The molecule has 4 aromatic rings. The van der Waals surface area contributed by atoms with Crippen molar-refractivity contribution in [3.05, 3.63) is 124 Å². The molecule has 0 spiro atoms. The van der Waals surface area contributed by atoms with Crippen LogP contribution >= 0.6 is 11.6 Å². The van der Waals surface area contributed by atoms with E-state index in [4.69, 9.17) is 16.3 Å². The van der Waals surface area contributed by atoms with Crippen LogP contribution in [0.1, 0.15) is 42.5 Å². The molecule has 0 saturated heterocycles. The second-order valence-corrected chi connectivity index (χ2v) is 13.9. The van der Waals surface area contributed by atoms with Gasteiger partial charge in [0.1, 0.15) is 18.3 Å². The number of nitrogens with one attached hydrogen (secondary N) is 1. The van der Waals surface area contributed by atoms with E-state index in [1.54, 1.807) is 24.3 Å². The average Bonchev–Trinajstić information content (AvgIpc) is 3.06. The molecule has 2 amide bonds. The zero-order valence-corrected chi connectivity index (χ0v) is 29.0. The number of rotatable bonds is 14. The Bertz CT molecular complexity index is 1760. The maximum absolute atomic E-state index is 14.6. The van der Waals surface area contributed by atoms with Gasteiger partial charge in [-0.1, -0.05) is 96.4 Å². The van der Waals surface area contributed by atoms with E-state index in [9.17, 15) is 18.0 Å². The Morgan fingerprint density at radius 1 is 0.872 bits per heavy atom. The van der Waals surface area contributed by atoms with Crippen LogP contribution < -0.4 is 14.4 Å². The number of amides is 2. The van der Waals surface area contributed by atoms with Gasteiger partial charge in [-0.05, 0) is 68.7 Å². The van der Waals surface area contributed by atoms with Gasteiger partial charge >= 0.3 is 0 Å². The molecule has 2 atom stereocenters. The van der Waals surface area contributed by atoms with Gasteiger partial charge in [0.05, 0.1) is 22.7 Å². The van der Waals surface area contributed by atoms with Crippen molar-refractivity contribution in [1.82, 2.24) is 10.2 Å². The van der Waals surface area contributed by atoms with Crippen molar-refractivity contribution in [3.8, 4) is 5.75 Å². The predicted octanol–water partition coefficient (Wildman–Crippen LogP) is 6.72. The highest BCUT2D eigenvalue weighted by molar-refractivity contribution is 7.92. The lowest BCUT2D eigenvalue weighted by atomic mass is 10.0. The van der Waals surface area contributed by atoms with E-state index >= 15 is 0 Å². The van der Waals surface area contributed by atoms with Gasteiger partial charge in [-0.2, -0.15) is 0 Å². The van der Waals surface area contributed by atoms with Crippen LogP contribution in [0, 0.1) is 13.8 Å². The molecule has 0 unspecified atom stereocenters. The van der Waals surface area contributed by atoms with Crippen molar-refractivity contribution in [3.63, 3.8) is 0 Å². The summed E-state index contributed by atoms with van der Waals surface area (Å²) in [6.07, 6.45) is 0.941. The third-order valence-electron chi connectivity index (χ3n) is 8.06. The van der Waals surface area contributed by atoms with E-state index in [0.29, 0.717) is 12.2 Å². The highest BCUT2D eigenvalue weighted by Crippen LogP contribution is 2.32. The van der Waals surface area contributed by atoms with Crippen molar-refractivity contribution in [2.45, 2.75) is 64.1 Å². The van der Waals surface area contributed by atoms with Crippen LogP contribution in [0.15, 0.2) is 102 Å². The van der Waals surface area contributed by atoms with Crippen LogP contribution in [0.5, 0.6) is 5.75 Å². The van der Waals surface area contributed by atoms with Crippen LogP contribution in [-0.4, -0.2) is 50.9 Å². The molecule has 0 saturated carbocycles. The number of carbonyl (C=O) groups is 2. The fourth-order valence-electron chi connectivity index (χ4n) is 5.06. The molecule has 0 bridgehead atoms. The Kier molecular flexibility index (Phi) is 12.1. The van der Waals surface area contributed by atoms with Gasteiger partial charge < -0.3 is 15.0 Å². The first-order valence-electron chi connectivity index (χ1n) is 15.5. The molecule has 0 heterocycles. The zero-order valence-electron chi connectivity index (χ0n) is 27.4. The number of hydrogen-bond acceptors (Lipinski definition) is 5. The third-order valence-corrected chi connectivity index (χ3v) is 10.1. The summed E-state index contributed by atoms with van der Waals surface area (Å²) in [6.45, 7) is 7.23. The number of nitrogens with zero attached hydrogens (tertiary/aromatic N) is 2. The van der Waals surface area contributed by atoms with Crippen LogP contribution in [-0.2, 0) is 32.6 Å². The summed E-state index contributed by atoms with van der Waals surface area (Å²) >= 11 is 6.46. The molecule has 0 aliphatic carbocycles. The number of ether oxygens (including phenoxy) is 1. The van der Waals surface area contributed by atoms with Gasteiger partial charge in [0.15, 0.2) is 0 Å². The molecule has 0 aliphatic heterocycles. The molecule has 248 valence electrons. The Labute approximate surface area is 283 Å². The summed E-state index contributed by atoms with van der Waals surface area (Å²) in [5, 5.41) is 3.24. The molecular formula is C37H42ClN3O5S. The number of anilines is 1. The van der Waals surface area contributed by atoms with E-state index in [2.05, 4.69) is 5.32 Å². The summed E-state index contributed by atoms with van der Waals surface area (Å²) in [7, 11) is -2.79. The molecule has 0 fully saturated rings. The standard InChI is InChI=1S/C37H42ClN3O5S/c1-6-28(4)39-37(43)34(22-29-10-8-7-9-11-29)40(24-30-16-12-26(2)13-17-30)36(42)25-41(31-18-21-35(46-5)33(38)23-31)47(44,45)32-19-14-27(3)15-20-32/h7-21,23,28,34H,6,22,24-25H2,1-5H3,(H,39,43)/t28-,34-/m1/s1. The number of sulfonamides is 1. The fraction of sp³-hybridized carbons (Fsp3) is 0.297. The number of hydrogen-bond donors (Lipinski definition) is 1. The van der Waals surface area contributed by atoms with Crippen LogP contribution in [0.3, 0.4) is 0 Å². The SMILES string of the molecule is CC[C@@H](C)NC(=O)[C@@H](Cc1ccccc1)N(Cc1ccc(C)cc1)C(=O)CN(c1ccc(OC)c(Cl)c1)S(=O)(=O)c1ccc(C)cc1. The minimum absolute atomic E-state index is 0.0169. The number of benzene rings is 4. The molecule has 0 aromatic heterocycles. The van der Waals surface area contributed by atoms with E-state index in [0.717, 1.165) is 26.6 Å². The van der Waals surface area contributed by atoms with E-state index in [-0.39, 0.29) is 40.5 Å². The molecule has 10 heteroatoms. The van der Waals surface area contributed by atoms with Gasteiger partial charge in [-0.15, -0.1) is 0 Å². The topological polar surface area (TPSA) is 96.0 Å². The molecule has 47 heavy (non-hydrogen) atoms. The molecule has 4 aromatic carbocycles. The first kappa shape index (κ1) is 35.5. The molecule has 0 aliphatic rings. The summed E-state index contributed by atoms with van der Waals surface area (Å²) < 4.78 is 34.8. The van der Waals surface area contributed by atoms with Gasteiger partial charge in [0.25, 0.3) is 10.0 Å². The van der Waals surface area contributed by atoms with Crippen molar-refractivity contribution in [2.24, 2.45) is 0 Å². The van der Waals surface area contributed by atoms with Crippen molar-refractivity contribution >= 4 is 39.1 Å². The Morgan fingerprint density at radius 3 is 2.06 bits per heavy atom. The Balaban J connectivity index is 1.83. The highest BCUT2D eigenvalue weighted by Gasteiger charge is 2.35. The largest absolute Gasteiger partial charge is 0.495 e. The molecule has 0 radical (unpaired) electrons. The number of methoxy groups -OCH3 is 1. The van der Waals surface area contributed by atoms with E-state index in [1.165, 1.54) is 30.2 Å². The first-order chi connectivity index (χ1) is 22.4.